The standard InChI is InChI=1S/C15H21N3O2/c1-11(2)18(7-5-6-16-18)9-13-12(3)8-15(4,10-19)17-14(13)20/h5-7,10-11H,8-9H2,1-4H3/p+1. The smallest absolute Gasteiger partial charge is 0.253 e. The van der Waals surface area contributed by atoms with Crippen LogP contribution in [0.5, 0.6) is 0 Å². The molecule has 5 heteroatoms. The molecular weight excluding hydrogens is 254 g/mol. The topological polar surface area (TPSA) is 58.5 Å². The van der Waals surface area contributed by atoms with Gasteiger partial charge in [-0.25, -0.2) is 0 Å². The molecule has 1 N–H and O–H groups in total. The molecule has 0 fully saturated rings. The molecule has 0 radical (unpaired) electrons. The van der Waals surface area contributed by atoms with Gasteiger partial charge in [-0.3, -0.25) is 4.79 Å². The van der Waals surface area contributed by atoms with E-state index >= 15 is 0 Å². The second-order valence-corrected chi connectivity index (χ2v) is 6.17. The van der Waals surface area contributed by atoms with Crippen molar-refractivity contribution in [1.82, 2.24) is 5.32 Å². The van der Waals surface area contributed by atoms with Gasteiger partial charge in [-0.1, -0.05) is 10.7 Å². The van der Waals surface area contributed by atoms with Crippen LogP contribution in [0.1, 0.15) is 34.1 Å². The molecule has 0 saturated heterocycles. The number of quaternary nitrogens is 1. The summed E-state index contributed by atoms with van der Waals surface area (Å²) in [6.45, 7) is 8.37. The Kier molecular flexibility index (Phi) is 3.65. The number of amides is 1. The van der Waals surface area contributed by atoms with E-state index in [1.165, 1.54) is 0 Å². The van der Waals surface area contributed by atoms with Crippen molar-refractivity contribution in [1.29, 1.82) is 0 Å². The lowest BCUT2D eigenvalue weighted by molar-refractivity contribution is -0.899. The third-order valence-electron chi connectivity index (χ3n) is 4.10. The van der Waals surface area contributed by atoms with E-state index in [9.17, 15) is 9.59 Å². The Morgan fingerprint density at radius 3 is 2.70 bits per heavy atom. The summed E-state index contributed by atoms with van der Waals surface area (Å²) >= 11 is 0. The number of carbonyl (C=O) groups excluding carboxylic acids is 2. The average molecular weight is 276 g/mol. The van der Waals surface area contributed by atoms with Crippen molar-refractivity contribution in [2.24, 2.45) is 5.10 Å². The van der Waals surface area contributed by atoms with Gasteiger partial charge < -0.3 is 10.1 Å². The van der Waals surface area contributed by atoms with E-state index in [4.69, 9.17) is 0 Å². The molecule has 2 aliphatic heterocycles. The van der Waals surface area contributed by atoms with Crippen LogP contribution in [0, 0.1) is 0 Å². The van der Waals surface area contributed by atoms with Crippen molar-refractivity contribution in [2.75, 3.05) is 6.54 Å². The van der Waals surface area contributed by atoms with Crippen molar-refractivity contribution in [3.8, 4) is 0 Å². The van der Waals surface area contributed by atoms with Crippen LogP contribution in [0.2, 0.25) is 0 Å². The maximum absolute atomic E-state index is 12.3. The predicted molar refractivity (Wildman–Crippen MR) is 77.8 cm³/mol. The van der Waals surface area contributed by atoms with Crippen molar-refractivity contribution >= 4 is 18.4 Å². The minimum atomic E-state index is -0.780. The van der Waals surface area contributed by atoms with E-state index < -0.39 is 5.54 Å². The fraction of sp³-hybridized carbons (Fsp3) is 0.533. The van der Waals surface area contributed by atoms with Gasteiger partial charge in [-0.15, -0.1) is 0 Å². The van der Waals surface area contributed by atoms with Gasteiger partial charge in [-0.05, 0) is 34.1 Å². The summed E-state index contributed by atoms with van der Waals surface area (Å²) < 4.78 is 0.401. The molecular formula is C15H22N3O2+. The highest BCUT2D eigenvalue weighted by Gasteiger charge is 2.40. The van der Waals surface area contributed by atoms with Crippen LogP contribution in [0.15, 0.2) is 28.5 Å². The van der Waals surface area contributed by atoms with E-state index in [0.717, 1.165) is 17.4 Å². The predicted octanol–water partition coefficient (Wildman–Crippen LogP) is 1.52. The maximum Gasteiger partial charge on any atom is 0.253 e. The number of hydrogen-bond acceptors (Lipinski definition) is 3. The summed E-state index contributed by atoms with van der Waals surface area (Å²) in [6.07, 6.45) is 7.05. The van der Waals surface area contributed by atoms with Crippen molar-refractivity contribution in [2.45, 2.75) is 45.7 Å². The Labute approximate surface area is 119 Å². The zero-order valence-electron chi connectivity index (χ0n) is 12.5. The van der Waals surface area contributed by atoms with Gasteiger partial charge in [0.15, 0.2) is 0 Å². The molecule has 0 aromatic carbocycles. The van der Waals surface area contributed by atoms with Crippen LogP contribution in [-0.2, 0) is 9.59 Å². The normalized spacial score (nSPS) is 33.0. The molecule has 2 unspecified atom stereocenters. The Bertz CT molecular complexity index is 519. The number of hydrogen-bond donors (Lipinski definition) is 1. The minimum absolute atomic E-state index is 0.156. The minimum Gasteiger partial charge on any atom is -0.340 e. The van der Waals surface area contributed by atoms with Gasteiger partial charge in [0.25, 0.3) is 5.91 Å². The summed E-state index contributed by atoms with van der Waals surface area (Å²) in [6, 6.07) is 0.248. The highest BCUT2D eigenvalue weighted by Crippen LogP contribution is 2.28. The SMILES string of the molecule is CC1=C(C[N+]2(C(C)C)C=CC=N2)C(=O)NC(C)(C=O)C1. The Balaban J connectivity index is 2.31. The van der Waals surface area contributed by atoms with Crippen LogP contribution in [0.4, 0.5) is 0 Å². The van der Waals surface area contributed by atoms with E-state index in [0.29, 0.717) is 17.6 Å². The third-order valence-corrected chi connectivity index (χ3v) is 4.10. The van der Waals surface area contributed by atoms with Crippen molar-refractivity contribution in [3.05, 3.63) is 23.4 Å². The van der Waals surface area contributed by atoms with Crippen molar-refractivity contribution < 1.29 is 14.2 Å². The van der Waals surface area contributed by atoms with Gasteiger partial charge in [0, 0.05) is 6.08 Å². The molecule has 2 aliphatic rings. The van der Waals surface area contributed by atoms with Crippen LogP contribution < -0.4 is 5.32 Å². The summed E-state index contributed by atoms with van der Waals surface area (Å²) in [7, 11) is 0. The molecule has 20 heavy (non-hydrogen) atoms. The fourth-order valence-corrected chi connectivity index (χ4v) is 2.73. The van der Waals surface area contributed by atoms with Crippen molar-refractivity contribution in [3.63, 3.8) is 0 Å². The second kappa shape index (κ2) is 4.98. The molecule has 0 aliphatic carbocycles. The van der Waals surface area contributed by atoms with Crippen LogP contribution in [-0.4, -0.2) is 41.1 Å². The number of aldehydes is 1. The van der Waals surface area contributed by atoms with Crippen LogP contribution in [0.3, 0.4) is 0 Å². The first-order valence-electron chi connectivity index (χ1n) is 6.90. The van der Waals surface area contributed by atoms with Gasteiger partial charge in [-0.2, -0.15) is 4.59 Å². The second-order valence-electron chi connectivity index (χ2n) is 6.17. The number of nitrogens with zero attached hydrogens (tertiary/aromatic N) is 2. The zero-order chi connectivity index (χ0) is 15.0. The average Bonchev–Trinajstić information content (AvgIpc) is 2.84. The Morgan fingerprint density at radius 1 is 1.55 bits per heavy atom. The first-order chi connectivity index (χ1) is 9.32. The lowest BCUT2D eigenvalue weighted by Crippen LogP contribution is -2.54. The summed E-state index contributed by atoms with van der Waals surface area (Å²) in [5.41, 5.74) is 0.927. The van der Waals surface area contributed by atoms with Crippen LogP contribution >= 0.6 is 0 Å². The molecule has 0 bridgehead atoms. The van der Waals surface area contributed by atoms with E-state index in [-0.39, 0.29) is 11.9 Å². The van der Waals surface area contributed by atoms with Gasteiger partial charge in [0.05, 0.1) is 17.3 Å². The molecule has 0 spiro atoms. The molecule has 1 amide bonds. The maximum atomic E-state index is 12.3. The highest BCUT2D eigenvalue weighted by molar-refractivity contribution is 5.98. The number of allylic oxidation sites excluding steroid dienone is 1. The number of nitrogens with one attached hydrogen (secondary N) is 1. The first-order valence-corrected chi connectivity index (χ1v) is 6.90. The third kappa shape index (κ3) is 2.45. The van der Waals surface area contributed by atoms with Gasteiger partial charge >= 0.3 is 0 Å². The fourth-order valence-electron chi connectivity index (χ4n) is 2.73. The molecule has 5 nitrogen and oxygen atoms in total. The zero-order valence-corrected chi connectivity index (χ0v) is 12.5. The lowest BCUT2D eigenvalue weighted by atomic mass is 9.87. The molecule has 0 aromatic heterocycles. The summed E-state index contributed by atoms with van der Waals surface area (Å²) in [4.78, 5) is 23.4. The lowest BCUT2D eigenvalue weighted by Gasteiger charge is -2.35. The van der Waals surface area contributed by atoms with Crippen LogP contribution in [0.25, 0.3) is 0 Å². The quantitative estimate of drug-likeness (QED) is 0.625. The highest BCUT2D eigenvalue weighted by atomic mass is 16.2. The molecule has 2 atom stereocenters. The monoisotopic (exact) mass is 276 g/mol. The molecule has 108 valence electrons. The summed E-state index contributed by atoms with van der Waals surface area (Å²) in [5.74, 6) is -0.156. The first kappa shape index (κ1) is 14.7. The molecule has 2 rings (SSSR count). The van der Waals surface area contributed by atoms with E-state index in [2.05, 4.69) is 24.3 Å². The summed E-state index contributed by atoms with van der Waals surface area (Å²) in [5, 5.41) is 7.31. The molecule has 0 saturated carbocycles. The Hall–Kier alpha value is -1.75. The van der Waals surface area contributed by atoms with Gasteiger partial charge in [0.2, 0.25) is 0 Å². The molecule has 2 heterocycles. The Morgan fingerprint density at radius 2 is 2.25 bits per heavy atom. The molecule has 0 aromatic rings. The van der Waals surface area contributed by atoms with E-state index in [1.54, 1.807) is 13.1 Å². The number of rotatable bonds is 4. The van der Waals surface area contributed by atoms with Gasteiger partial charge in [0.1, 0.15) is 25.1 Å². The largest absolute Gasteiger partial charge is 0.340 e. The number of carbonyl (C=O) groups is 2. The van der Waals surface area contributed by atoms with E-state index in [1.807, 2.05) is 19.2 Å².